The van der Waals surface area contributed by atoms with Crippen molar-refractivity contribution in [1.29, 1.82) is 0 Å². The zero-order valence-corrected chi connectivity index (χ0v) is 11.2. The minimum absolute atomic E-state index is 0.0142. The van der Waals surface area contributed by atoms with Crippen LogP contribution in [0.4, 0.5) is 11.4 Å². The van der Waals surface area contributed by atoms with Crippen molar-refractivity contribution in [2.75, 3.05) is 25.0 Å². The molecule has 0 aliphatic carbocycles. The van der Waals surface area contributed by atoms with Gasteiger partial charge in [-0.05, 0) is 18.6 Å². The molecule has 1 amide bonds. The number of non-ortho nitro benzene ring substituents is 1. The molecule has 1 aliphatic heterocycles. The van der Waals surface area contributed by atoms with E-state index in [4.69, 9.17) is 4.74 Å². The number of hydrogen-bond donors (Lipinski definition) is 2. The fraction of sp³-hybridized carbons (Fsp3) is 0.462. The second-order valence-corrected chi connectivity index (χ2v) is 4.71. The van der Waals surface area contributed by atoms with Crippen molar-refractivity contribution in [2.45, 2.75) is 19.4 Å². The van der Waals surface area contributed by atoms with Crippen LogP contribution in [-0.2, 0) is 9.53 Å². The predicted molar refractivity (Wildman–Crippen MR) is 73.7 cm³/mol. The average Bonchev–Trinajstić information content (AvgIpc) is 2.42. The highest BCUT2D eigenvalue weighted by molar-refractivity contribution is 5.92. The van der Waals surface area contributed by atoms with E-state index < -0.39 is 4.92 Å². The number of morpholine rings is 1. The van der Waals surface area contributed by atoms with Gasteiger partial charge in [0, 0.05) is 30.9 Å². The maximum Gasteiger partial charge on any atom is 0.269 e. The van der Waals surface area contributed by atoms with Crippen molar-refractivity contribution in [2.24, 2.45) is 0 Å². The smallest absolute Gasteiger partial charge is 0.269 e. The van der Waals surface area contributed by atoms with Gasteiger partial charge in [-0.25, -0.2) is 0 Å². The van der Waals surface area contributed by atoms with Crippen molar-refractivity contribution in [3.63, 3.8) is 0 Å². The Bertz CT molecular complexity index is 512. The summed E-state index contributed by atoms with van der Waals surface area (Å²) >= 11 is 0. The third-order valence-electron chi connectivity index (χ3n) is 3.11. The number of benzene rings is 1. The zero-order chi connectivity index (χ0) is 14.5. The molecule has 7 nitrogen and oxygen atoms in total. The lowest BCUT2D eigenvalue weighted by Crippen LogP contribution is -2.40. The summed E-state index contributed by atoms with van der Waals surface area (Å²) in [6, 6.07) is 4.36. The number of nitrogens with one attached hydrogen (secondary N) is 2. The third kappa shape index (κ3) is 3.75. The van der Waals surface area contributed by atoms with Gasteiger partial charge >= 0.3 is 0 Å². The Kier molecular flexibility index (Phi) is 4.65. The molecule has 1 aromatic rings. The molecular weight excluding hydrogens is 262 g/mol. The van der Waals surface area contributed by atoms with Crippen LogP contribution >= 0.6 is 0 Å². The van der Waals surface area contributed by atoms with E-state index in [-0.39, 0.29) is 24.1 Å². The minimum Gasteiger partial charge on any atom is -0.375 e. The first-order valence-electron chi connectivity index (χ1n) is 6.43. The fourth-order valence-electron chi connectivity index (χ4n) is 2.06. The van der Waals surface area contributed by atoms with Crippen molar-refractivity contribution in [3.05, 3.63) is 33.9 Å². The van der Waals surface area contributed by atoms with Gasteiger partial charge < -0.3 is 15.4 Å². The van der Waals surface area contributed by atoms with Crippen LogP contribution in [-0.4, -0.2) is 36.6 Å². The molecule has 20 heavy (non-hydrogen) atoms. The molecule has 0 bridgehead atoms. The van der Waals surface area contributed by atoms with Crippen LogP contribution in [0.1, 0.15) is 12.0 Å². The number of nitro benzene ring substituents is 1. The van der Waals surface area contributed by atoms with Crippen molar-refractivity contribution in [1.82, 2.24) is 5.32 Å². The van der Waals surface area contributed by atoms with Crippen molar-refractivity contribution >= 4 is 17.3 Å². The second kappa shape index (κ2) is 6.44. The van der Waals surface area contributed by atoms with Crippen LogP contribution in [0, 0.1) is 17.0 Å². The van der Waals surface area contributed by atoms with E-state index in [2.05, 4.69) is 10.6 Å². The standard InChI is InChI=1S/C13H17N3O4/c1-9-6-10(16(18)19)2-3-12(9)15-13(17)7-11-8-14-4-5-20-11/h2-3,6,11,14H,4-5,7-8H2,1H3,(H,15,17). The minimum atomic E-state index is -0.458. The van der Waals surface area contributed by atoms with Gasteiger partial charge in [0.25, 0.3) is 5.69 Å². The maximum absolute atomic E-state index is 11.9. The van der Waals surface area contributed by atoms with E-state index in [0.29, 0.717) is 24.4 Å². The molecule has 108 valence electrons. The van der Waals surface area contributed by atoms with Crippen molar-refractivity contribution in [3.8, 4) is 0 Å². The number of hydrogen-bond acceptors (Lipinski definition) is 5. The lowest BCUT2D eigenvalue weighted by Gasteiger charge is -2.23. The third-order valence-corrected chi connectivity index (χ3v) is 3.11. The predicted octanol–water partition coefficient (Wildman–Crippen LogP) is 1.22. The number of aryl methyl sites for hydroxylation is 1. The summed E-state index contributed by atoms with van der Waals surface area (Å²) in [5.74, 6) is -0.157. The summed E-state index contributed by atoms with van der Waals surface area (Å²) in [6.07, 6.45) is 0.144. The average molecular weight is 279 g/mol. The van der Waals surface area contributed by atoms with E-state index in [1.165, 1.54) is 12.1 Å². The van der Waals surface area contributed by atoms with E-state index in [9.17, 15) is 14.9 Å². The molecule has 0 radical (unpaired) electrons. The number of carbonyl (C=O) groups is 1. The Labute approximate surface area is 116 Å². The molecule has 1 atom stereocenters. The number of nitro groups is 1. The van der Waals surface area contributed by atoms with Crippen LogP contribution in [0.2, 0.25) is 0 Å². The first-order valence-corrected chi connectivity index (χ1v) is 6.43. The van der Waals surface area contributed by atoms with Gasteiger partial charge in [-0.15, -0.1) is 0 Å². The normalized spacial score (nSPS) is 18.6. The summed E-state index contributed by atoms with van der Waals surface area (Å²) < 4.78 is 5.45. The van der Waals surface area contributed by atoms with Crippen molar-refractivity contribution < 1.29 is 14.5 Å². The monoisotopic (exact) mass is 279 g/mol. The molecular formula is C13H17N3O4. The fourth-order valence-corrected chi connectivity index (χ4v) is 2.06. The molecule has 1 aromatic carbocycles. The Morgan fingerprint density at radius 1 is 1.60 bits per heavy atom. The van der Waals surface area contributed by atoms with Gasteiger partial charge in [-0.1, -0.05) is 0 Å². The van der Waals surface area contributed by atoms with Gasteiger partial charge in [-0.3, -0.25) is 14.9 Å². The SMILES string of the molecule is Cc1cc([N+](=O)[O-])ccc1NC(=O)CC1CNCCO1. The quantitative estimate of drug-likeness (QED) is 0.638. The largest absolute Gasteiger partial charge is 0.375 e. The number of rotatable bonds is 4. The summed E-state index contributed by atoms with van der Waals surface area (Å²) in [6.45, 7) is 3.79. The van der Waals surface area contributed by atoms with E-state index in [1.807, 2.05) is 0 Å². The number of amides is 1. The van der Waals surface area contributed by atoms with E-state index in [0.717, 1.165) is 6.54 Å². The van der Waals surface area contributed by atoms with Gasteiger partial charge in [0.15, 0.2) is 0 Å². The van der Waals surface area contributed by atoms with Gasteiger partial charge in [-0.2, -0.15) is 0 Å². The first-order chi connectivity index (χ1) is 9.56. The summed E-state index contributed by atoms with van der Waals surface area (Å²) in [7, 11) is 0. The Balaban J connectivity index is 1.95. The lowest BCUT2D eigenvalue weighted by molar-refractivity contribution is -0.384. The number of anilines is 1. The number of carbonyl (C=O) groups excluding carboxylic acids is 1. The lowest BCUT2D eigenvalue weighted by atomic mass is 10.1. The van der Waals surface area contributed by atoms with Crippen LogP contribution < -0.4 is 10.6 Å². The zero-order valence-electron chi connectivity index (χ0n) is 11.2. The molecule has 1 unspecified atom stereocenters. The molecule has 0 aromatic heterocycles. The van der Waals surface area contributed by atoms with Crippen LogP contribution in [0.25, 0.3) is 0 Å². The van der Waals surface area contributed by atoms with E-state index in [1.54, 1.807) is 13.0 Å². The Morgan fingerprint density at radius 3 is 3.00 bits per heavy atom. The second-order valence-electron chi connectivity index (χ2n) is 4.71. The van der Waals surface area contributed by atoms with Crippen LogP contribution in [0.15, 0.2) is 18.2 Å². The summed E-state index contributed by atoms with van der Waals surface area (Å²) in [5, 5.41) is 16.6. The Morgan fingerprint density at radius 2 is 2.40 bits per heavy atom. The topological polar surface area (TPSA) is 93.5 Å². The molecule has 7 heteroatoms. The summed E-state index contributed by atoms with van der Waals surface area (Å²) in [4.78, 5) is 22.1. The molecule has 0 saturated carbocycles. The molecule has 1 fully saturated rings. The molecule has 2 rings (SSSR count). The highest BCUT2D eigenvalue weighted by atomic mass is 16.6. The highest BCUT2D eigenvalue weighted by Crippen LogP contribution is 2.21. The molecule has 1 heterocycles. The molecule has 1 aliphatic rings. The number of nitrogens with zero attached hydrogens (tertiary/aromatic N) is 1. The van der Waals surface area contributed by atoms with E-state index >= 15 is 0 Å². The molecule has 2 N–H and O–H groups in total. The van der Waals surface area contributed by atoms with Gasteiger partial charge in [0.1, 0.15) is 0 Å². The van der Waals surface area contributed by atoms with Crippen LogP contribution in [0.5, 0.6) is 0 Å². The van der Waals surface area contributed by atoms with Crippen LogP contribution in [0.3, 0.4) is 0 Å². The Hall–Kier alpha value is -1.99. The summed E-state index contributed by atoms with van der Waals surface area (Å²) in [5.41, 5.74) is 1.26. The molecule has 1 saturated heterocycles. The first kappa shape index (κ1) is 14.4. The van der Waals surface area contributed by atoms with Gasteiger partial charge in [0.05, 0.1) is 24.1 Å². The highest BCUT2D eigenvalue weighted by Gasteiger charge is 2.18. The van der Waals surface area contributed by atoms with Gasteiger partial charge in [0.2, 0.25) is 5.91 Å². The molecule has 0 spiro atoms. The maximum atomic E-state index is 11.9. The number of ether oxygens (including phenoxy) is 1.